The van der Waals surface area contributed by atoms with Gasteiger partial charge in [0, 0.05) is 26.9 Å². The maximum absolute atomic E-state index is 5.27. The summed E-state index contributed by atoms with van der Waals surface area (Å²) in [5.41, 5.74) is 2.68. The van der Waals surface area contributed by atoms with Crippen molar-refractivity contribution < 1.29 is 9.47 Å². The molecule has 0 aromatic rings. The normalized spacial score (nSPS) is 13.4. The standard InChI is InChI=1S/C7H18N2O2/c1-10-5-3-4-7(9-8)6-11-2/h7,9H,3-6,8H2,1-2H3. The minimum atomic E-state index is 0.246. The van der Waals surface area contributed by atoms with Gasteiger partial charge in [-0.15, -0.1) is 0 Å². The molecule has 0 heterocycles. The molecule has 0 saturated carbocycles. The van der Waals surface area contributed by atoms with E-state index in [-0.39, 0.29) is 6.04 Å². The summed E-state index contributed by atoms with van der Waals surface area (Å²) in [7, 11) is 3.36. The fourth-order valence-electron chi connectivity index (χ4n) is 0.890. The lowest BCUT2D eigenvalue weighted by Crippen LogP contribution is -2.38. The lowest BCUT2D eigenvalue weighted by Gasteiger charge is -2.13. The molecule has 0 fully saturated rings. The van der Waals surface area contributed by atoms with Gasteiger partial charge in [0.05, 0.1) is 6.61 Å². The van der Waals surface area contributed by atoms with Gasteiger partial charge >= 0.3 is 0 Å². The van der Waals surface area contributed by atoms with Crippen molar-refractivity contribution in [1.82, 2.24) is 5.43 Å². The van der Waals surface area contributed by atoms with E-state index < -0.39 is 0 Å². The molecule has 1 unspecified atom stereocenters. The van der Waals surface area contributed by atoms with Gasteiger partial charge in [0.1, 0.15) is 0 Å². The number of ether oxygens (including phenoxy) is 2. The monoisotopic (exact) mass is 162 g/mol. The Morgan fingerprint density at radius 3 is 2.55 bits per heavy atom. The van der Waals surface area contributed by atoms with E-state index in [4.69, 9.17) is 15.3 Å². The number of nitrogens with two attached hydrogens (primary N) is 1. The van der Waals surface area contributed by atoms with Crippen LogP contribution in [0.15, 0.2) is 0 Å². The summed E-state index contributed by atoms with van der Waals surface area (Å²) in [6, 6.07) is 0.246. The van der Waals surface area contributed by atoms with Crippen LogP contribution in [0, 0.1) is 0 Å². The van der Waals surface area contributed by atoms with Gasteiger partial charge in [-0.3, -0.25) is 11.3 Å². The van der Waals surface area contributed by atoms with Crippen molar-refractivity contribution >= 4 is 0 Å². The minimum absolute atomic E-state index is 0.246. The molecule has 0 saturated heterocycles. The second-order valence-corrected chi connectivity index (χ2v) is 2.45. The fraction of sp³-hybridized carbons (Fsp3) is 1.00. The van der Waals surface area contributed by atoms with Crippen molar-refractivity contribution in [2.75, 3.05) is 27.4 Å². The average molecular weight is 162 g/mol. The van der Waals surface area contributed by atoms with Crippen molar-refractivity contribution in [2.45, 2.75) is 18.9 Å². The number of methoxy groups -OCH3 is 2. The van der Waals surface area contributed by atoms with Crippen LogP contribution >= 0.6 is 0 Å². The molecule has 1 atom stereocenters. The fourth-order valence-corrected chi connectivity index (χ4v) is 0.890. The first kappa shape index (κ1) is 10.8. The lowest BCUT2D eigenvalue weighted by molar-refractivity contribution is 0.148. The first-order valence-corrected chi connectivity index (χ1v) is 3.79. The van der Waals surface area contributed by atoms with Gasteiger partial charge in [-0.2, -0.15) is 0 Å². The Bertz CT molecular complexity index is 80.8. The predicted octanol–water partition coefficient (Wildman–Crippen LogP) is -0.109. The van der Waals surface area contributed by atoms with Gasteiger partial charge in [-0.1, -0.05) is 0 Å². The second kappa shape index (κ2) is 7.94. The molecule has 0 aromatic heterocycles. The van der Waals surface area contributed by atoms with Gasteiger partial charge < -0.3 is 9.47 Å². The molecule has 4 nitrogen and oxygen atoms in total. The molecule has 0 aromatic carbocycles. The molecule has 11 heavy (non-hydrogen) atoms. The topological polar surface area (TPSA) is 56.5 Å². The van der Waals surface area contributed by atoms with E-state index in [9.17, 15) is 0 Å². The zero-order chi connectivity index (χ0) is 8.53. The molecule has 0 bridgehead atoms. The van der Waals surface area contributed by atoms with E-state index in [0.717, 1.165) is 19.4 Å². The highest BCUT2D eigenvalue weighted by Crippen LogP contribution is 1.96. The van der Waals surface area contributed by atoms with Crippen LogP contribution < -0.4 is 11.3 Å². The first-order valence-electron chi connectivity index (χ1n) is 3.79. The third kappa shape index (κ3) is 6.25. The predicted molar refractivity (Wildman–Crippen MR) is 44.1 cm³/mol. The molecule has 0 amide bonds. The van der Waals surface area contributed by atoms with Crippen LogP contribution in [0.5, 0.6) is 0 Å². The van der Waals surface area contributed by atoms with Crippen molar-refractivity contribution in [3.8, 4) is 0 Å². The molecule has 0 radical (unpaired) electrons. The molecule has 0 aliphatic rings. The maximum atomic E-state index is 5.27. The van der Waals surface area contributed by atoms with Gasteiger partial charge in [0.25, 0.3) is 0 Å². The number of hydrogen-bond donors (Lipinski definition) is 2. The number of rotatable bonds is 7. The summed E-state index contributed by atoms with van der Waals surface area (Å²) in [5.74, 6) is 5.27. The summed E-state index contributed by atoms with van der Waals surface area (Å²) in [6.45, 7) is 1.43. The number of nitrogens with one attached hydrogen (secondary N) is 1. The van der Waals surface area contributed by atoms with Crippen LogP contribution in [0.25, 0.3) is 0 Å². The van der Waals surface area contributed by atoms with Crippen LogP contribution in [0.1, 0.15) is 12.8 Å². The molecule has 4 heteroatoms. The molecule has 68 valence electrons. The highest BCUT2D eigenvalue weighted by molar-refractivity contribution is 4.61. The largest absolute Gasteiger partial charge is 0.385 e. The summed E-state index contributed by atoms with van der Waals surface area (Å²) >= 11 is 0. The van der Waals surface area contributed by atoms with E-state index in [1.807, 2.05) is 0 Å². The van der Waals surface area contributed by atoms with Crippen LogP contribution in [-0.2, 0) is 9.47 Å². The number of hydrazine groups is 1. The Morgan fingerprint density at radius 1 is 1.36 bits per heavy atom. The van der Waals surface area contributed by atoms with Crippen LogP contribution in [0.2, 0.25) is 0 Å². The Labute approximate surface area is 68.0 Å². The van der Waals surface area contributed by atoms with E-state index in [1.165, 1.54) is 0 Å². The first-order chi connectivity index (χ1) is 5.35. The minimum Gasteiger partial charge on any atom is -0.385 e. The highest BCUT2D eigenvalue weighted by Gasteiger charge is 2.03. The third-order valence-electron chi connectivity index (χ3n) is 1.50. The quantitative estimate of drug-likeness (QED) is 0.311. The smallest absolute Gasteiger partial charge is 0.0629 e. The van der Waals surface area contributed by atoms with Crippen LogP contribution in [-0.4, -0.2) is 33.5 Å². The summed E-state index contributed by atoms with van der Waals surface area (Å²) in [4.78, 5) is 0. The van der Waals surface area contributed by atoms with Crippen molar-refractivity contribution in [3.63, 3.8) is 0 Å². The van der Waals surface area contributed by atoms with Gasteiger partial charge in [0.15, 0.2) is 0 Å². The van der Waals surface area contributed by atoms with Gasteiger partial charge in [0.2, 0.25) is 0 Å². The van der Waals surface area contributed by atoms with Gasteiger partial charge in [-0.25, -0.2) is 0 Å². The highest BCUT2D eigenvalue weighted by atomic mass is 16.5. The van der Waals surface area contributed by atoms with Crippen LogP contribution in [0.3, 0.4) is 0 Å². The second-order valence-electron chi connectivity index (χ2n) is 2.45. The van der Waals surface area contributed by atoms with Crippen LogP contribution in [0.4, 0.5) is 0 Å². The molecular formula is C7H18N2O2. The van der Waals surface area contributed by atoms with Gasteiger partial charge in [-0.05, 0) is 12.8 Å². The zero-order valence-corrected chi connectivity index (χ0v) is 7.30. The SMILES string of the molecule is COCCCC(COC)NN. The summed E-state index contributed by atoms with van der Waals surface area (Å²) in [6.07, 6.45) is 1.99. The van der Waals surface area contributed by atoms with Crippen molar-refractivity contribution in [1.29, 1.82) is 0 Å². The Balaban J connectivity index is 3.20. The molecule has 3 N–H and O–H groups in total. The molecule has 0 spiro atoms. The van der Waals surface area contributed by atoms with E-state index in [2.05, 4.69) is 5.43 Å². The molecule has 0 rings (SSSR count). The lowest BCUT2D eigenvalue weighted by atomic mass is 10.2. The Morgan fingerprint density at radius 2 is 2.09 bits per heavy atom. The molecule has 0 aliphatic carbocycles. The number of hydrogen-bond acceptors (Lipinski definition) is 4. The molecule has 0 aliphatic heterocycles. The summed E-state index contributed by atoms with van der Waals surface area (Å²) in [5, 5.41) is 0. The maximum Gasteiger partial charge on any atom is 0.0629 e. The Kier molecular flexibility index (Phi) is 7.83. The summed E-state index contributed by atoms with van der Waals surface area (Å²) < 4.78 is 9.85. The van der Waals surface area contributed by atoms with E-state index >= 15 is 0 Å². The third-order valence-corrected chi connectivity index (χ3v) is 1.50. The van der Waals surface area contributed by atoms with E-state index in [0.29, 0.717) is 6.61 Å². The van der Waals surface area contributed by atoms with E-state index in [1.54, 1.807) is 14.2 Å². The van der Waals surface area contributed by atoms with Crippen molar-refractivity contribution in [3.05, 3.63) is 0 Å². The Hall–Kier alpha value is -0.160. The average Bonchev–Trinajstić information content (AvgIpc) is 2.03. The zero-order valence-electron chi connectivity index (χ0n) is 7.30. The molecular weight excluding hydrogens is 144 g/mol. The van der Waals surface area contributed by atoms with Crippen molar-refractivity contribution in [2.24, 2.45) is 5.84 Å².